The third-order valence-electron chi connectivity index (χ3n) is 12.3. The van der Waals surface area contributed by atoms with E-state index in [0.717, 1.165) is 85.2 Å². The van der Waals surface area contributed by atoms with Crippen LogP contribution in [0.25, 0.3) is 55.3 Å². The Morgan fingerprint density at radius 1 is 0.542 bits per heavy atom. The Morgan fingerprint density at radius 2 is 0.972 bits per heavy atom. The first-order valence-electron chi connectivity index (χ1n) is 23.8. The van der Waals surface area contributed by atoms with Gasteiger partial charge in [-0.15, -0.1) is 0 Å². The summed E-state index contributed by atoms with van der Waals surface area (Å²) >= 11 is 7.14. The zero-order valence-electron chi connectivity index (χ0n) is 40.1. The van der Waals surface area contributed by atoms with Gasteiger partial charge in [-0.1, -0.05) is 134 Å². The number of rotatable bonds is 15. The highest BCUT2D eigenvalue weighted by atomic mass is 79.9. The van der Waals surface area contributed by atoms with Crippen LogP contribution in [0.1, 0.15) is 111 Å². The number of furan rings is 2. The molecular formula is C62H56Br2O8. The highest BCUT2D eigenvalue weighted by Crippen LogP contribution is 2.49. The van der Waals surface area contributed by atoms with E-state index in [1.54, 1.807) is 24.3 Å². The Bertz CT molecular complexity index is 3460. The fourth-order valence-corrected chi connectivity index (χ4v) is 9.66. The molecule has 2 aliphatic rings. The molecule has 0 saturated heterocycles. The molecule has 0 atom stereocenters. The predicted molar refractivity (Wildman–Crippen MR) is 297 cm³/mol. The number of carbonyl (C=O) groups is 2. The van der Waals surface area contributed by atoms with Crippen LogP contribution in [0.5, 0.6) is 23.0 Å². The van der Waals surface area contributed by atoms with Crippen LogP contribution in [0, 0.1) is 0 Å². The summed E-state index contributed by atoms with van der Waals surface area (Å²) in [5.74, 6) is 3.86. The minimum Gasteiger partial charge on any atom is -0.494 e. The van der Waals surface area contributed by atoms with E-state index in [-0.39, 0.29) is 30.5 Å². The summed E-state index contributed by atoms with van der Waals surface area (Å²) in [6, 6.07) is 37.9. The van der Waals surface area contributed by atoms with Crippen molar-refractivity contribution in [2.75, 3.05) is 13.2 Å². The van der Waals surface area contributed by atoms with E-state index in [0.29, 0.717) is 81.1 Å². The predicted octanol–water partition coefficient (Wildman–Crippen LogP) is 18.2. The minimum absolute atomic E-state index is 0. The Balaban J connectivity index is 0.000000190. The summed E-state index contributed by atoms with van der Waals surface area (Å²) in [5, 5.41) is 1.52. The number of benzene rings is 6. The largest absolute Gasteiger partial charge is 0.494 e. The number of hydrogen-bond donors (Lipinski definition) is 0. The molecule has 4 heterocycles. The molecule has 0 radical (unpaired) electrons. The lowest BCUT2D eigenvalue weighted by Crippen LogP contribution is -2.04. The summed E-state index contributed by atoms with van der Waals surface area (Å²) in [6.07, 6.45) is 9.04. The average molecular weight is 1090 g/mol. The van der Waals surface area contributed by atoms with Crippen LogP contribution in [0.2, 0.25) is 0 Å². The first-order chi connectivity index (χ1) is 34.4. The van der Waals surface area contributed by atoms with Crippen LogP contribution < -0.4 is 18.9 Å². The van der Waals surface area contributed by atoms with Crippen LogP contribution in [0.15, 0.2) is 176 Å². The maximum atomic E-state index is 13.9. The van der Waals surface area contributed by atoms with E-state index in [1.165, 1.54) is 0 Å². The number of allylic oxidation sites excluding steroid dienone is 4. The summed E-state index contributed by atoms with van der Waals surface area (Å²) in [6.45, 7) is 17.6. The van der Waals surface area contributed by atoms with E-state index in [9.17, 15) is 9.59 Å². The van der Waals surface area contributed by atoms with Crippen molar-refractivity contribution in [3.05, 3.63) is 201 Å². The number of fused-ring (bicyclic) bond motifs is 6. The maximum absolute atomic E-state index is 13.9. The highest BCUT2D eigenvalue weighted by molar-refractivity contribution is 9.10. The van der Waals surface area contributed by atoms with E-state index in [1.807, 2.05) is 123 Å². The van der Waals surface area contributed by atoms with Crippen LogP contribution in [0.4, 0.5) is 0 Å². The molecule has 0 N–H and O–H groups in total. The maximum Gasteiger partial charge on any atom is 0.229 e. The summed E-state index contributed by atoms with van der Waals surface area (Å²) < 4.78 is 38.3. The SMILES string of the molecule is C.C=C1C=C(C)c2ccc3oc(C(=O)c4cccc(OCCCC)c4)c(-c4cccc(Br)c4)c3c2O1.C=C1C=C(C)c2ccc3oc(C(=O)c4cccc(OCCCCC)c4)c(-c4cccc(Br)c4)c3c2O1. The van der Waals surface area contributed by atoms with Crippen molar-refractivity contribution in [3.63, 3.8) is 0 Å². The van der Waals surface area contributed by atoms with Crippen molar-refractivity contribution in [2.24, 2.45) is 0 Å². The van der Waals surface area contributed by atoms with Crippen molar-refractivity contribution < 1.29 is 37.4 Å². The van der Waals surface area contributed by atoms with E-state index in [2.05, 4.69) is 58.9 Å². The Kier molecular flexibility index (Phi) is 16.0. The van der Waals surface area contributed by atoms with Gasteiger partial charge < -0.3 is 27.8 Å². The molecular weight excluding hydrogens is 1030 g/mol. The number of halogens is 2. The topological polar surface area (TPSA) is 97.3 Å². The van der Waals surface area contributed by atoms with Crippen molar-refractivity contribution in [1.82, 2.24) is 0 Å². The molecule has 0 aliphatic carbocycles. The normalized spacial score (nSPS) is 12.6. The molecule has 0 spiro atoms. The zero-order valence-corrected chi connectivity index (χ0v) is 43.3. The van der Waals surface area contributed by atoms with Crippen molar-refractivity contribution in [3.8, 4) is 45.3 Å². The smallest absolute Gasteiger partial charge is 0.229 e. The Morgan fingerprint density at radius 3 is 1.40 bits per heavy atom. The fourth-order valence-electron chi connectivity index (χ4n) is 8.87. The van der Waals surface area contributed by atoms with Gasteiger partial charge in [0.1, 0.15) is 45.7 Å². The molecule has 0 saturated carbocycles. The quantitative estimate of drug-likeness (QED) is 0.0740. The minimum atomic E-state index is -0.215. The van der Waals surface area contributed by atoms with Crippen molar-refractivity contribution >= 4 is 76.5 Å². The zero-order chi connectivity index (χ0) is 49.8. The van der Waals surface area contributed by atoms with Crippen molar-refractivity contribution in [2.45, 2.75) is 67.2 Å². The van der Waals surface area contributed by atoms with Gasteiger partial charge in [-0.3, -0.25) is 9.59 Å². The Hall–Kier alpha value is -7.14. The van der Waals surface area contributed by atoms with Crippen LogP contribution in [0.3, 0.4) is 0 Å². The van der Waals surface area contributed by atoms with Gasteiger partial charge in [0.05, 0.1) is 24.0 Å². The van der Waals surface area contributed by atoms with Crippen molar-refractivity contribution in [1.29, 1.82) is 0 Å². The molecule has 6 aromatic carbocycles. The molecule has 8 aromatic rings. The second-order valence-corrected chi connectivity index (χ2v) is 19.4. The first kappa shape index (κ1) is 51.2. The fraction of sp³-hybridized carbons (Fsp3) is 0.194. The molecule has 8 nitrogen and oxygen atoms in total. The molecule has 0 amide bonds. The summed E-state index contributed by atoms with van der Waals surface area (Å²) in [5.41, 5.74) is 9.28. The van der Waals surface area contributed by atoms with Gasteiger partial charge in [-0.25, -0.2) is 0 Å². The lowest BCUT2D eigenvalue weighted by atomic mass is 9.94. The molecule has 10 rings (SSSR count). The van der Waals surface area contributed by atoms with Gasteiger partial charge >= 0.3 is 0 Å². The monoisotopic (exact) mass is 1090 g/mol. The summed E-state index contributed by atoms with van der Waals surface area (Å²) in [7, 11) is 0. The molecule has 0 unspecified atom stereocenters. The van der Waals surface area contributed by atoms with E-state index < -0.39 is 0 Å². The number of ether oxygens (including phenoxy) is 4. The third-order valence-corrected chi connectivity index (χ3v) is 13.3. The van der Waals surface area contributed by atoms with E-state index in [4.69, 9.17) is 27.8 Å². The number of carbonyl (C=O) groups excluding carboxylic acids is 2. The van der Waals surface area contributed by atoms with Gasteiger partial charge in [0.15, 0.2) is 11.5 Å². The highest BCUT2D eigenvalue weighted by Gasteiger charge is 2.31. The van der Waals surface area contributed by atoms with Crippen LogP contribution >= 0.6 is 31.9 Å². The molecule has 2 aromatic heterocycles. The van der Waals surface area contributed by atoms with Gasteiger partial charge in [0.2, 0.25) is 11.6 Å². The lowest BCUT2D eigenvalue weighted by Gasteiger charge is -2.19. The standard InChI is InChI=1S/C31H27BrO4.C30H25BrO4.CH4/c1-4-5-6-15-34-24-12-8-10-22(18-24)29(33)31-27(21-9-7-11-23(32)17-21)28-26(36-31)14-13-25-19(2)16-20(3)35-30(25)28;1-4-5-14-33-23-11-7-9-21(17-23)28(32)30-26(20-8-6-10-22(31)16-20)27-25(35-30)13-12-24-18(2)15-19(3)34-29(24)27;/h7-14,16-18H,3-6,15H2,1-2H3;6-13,15-17H,3-5,14H2,1-2H3;1H4. The molecule has 0 fully saturated rings. The van der Waals surface area contributed by atoms with Crippen LogP contribution in [-0.2, 0) is 0 Å². The van der Waals surface area contributed by atoms with Gasteiger partial charge in [0, 0.05) is 42.3 Å². The number of unbranched alkanes of at least 4 members (excludes halogenated alkanes) is 3. The van der Waals surface area contributed by atoms with Crippen LogP contribution in [-0.4, -0.2) is 24.8 Å². The molecule has 72 heavy (non-hydrogen) atoms. The first-order valence-corrected chi connectivity index (χ1v) is 25.4. The lowest BCUT2D eigenvalue weighted by molar-refractivity contribution is 0.100. The number of hydrogen-bond acceptors (Lipinski definition) is 8. The molecule has 0 bridgehead atoms. The number of ketones is 2. The Labute approximate surface area is 437 Å². The van der Waals surface area contributed by atoms with Gasteiger partial charge in [-0.2, -0.15) is 0 Å². The summed E-state index contributed by atoms with van der Waals surface area (Å²) in [4.78, 5) is 27.7. The molecule has 366 valence electrons. The second-order valence-electron chi connectivity index (χ2n) is 17.5. The average Bonchev–Trinajstić information content (AvgIpc) is 3.96. The molecule has 2 aliphatic heterocycles. The van der Waals surface area contributed by atoms with Gasteiger partial charge in [0.25, 0.3) is 0 Å². The van der Waals surface area contributed by atoms with E-state index >= 15 is 0 Å². The second kappa shape index (κ2) is 22.5. The third kappa shape index (κ3) is 10.7. The molecule has 10 heteroatoms. The van der Waals surface area contributed by atoms with Gasteiger partial charge in [-0.05, 0) is 134 Å².